The van der Waals surface area contributed by atoms with E-state index in [2.05, 4.69) is 10.6 Å². The minimum atomic E-state index is -0.497. The van der Waals surface area contributed by atoms with Crippen molar-refractivity contribution in [1.82, 2.24) is 10.6 Å². The van der Waals surface area contributed by atoms with Crippen LogP contribution in [-0.2, 0) is 13.1 Å². The van der Waals surface area contributed by atoms with Crippen LogP contribution in [0.2, 0.25) is 0 Å². The van der Waals surface area contributed by atoms with E-state index in [9.17, 15) is 25.0 Å². The molecule has 0 aliphatic rings. The number of nitrogens with zero attached hydrogens (tertiary/aromatic N) is 2. The highest BCUT2D eigenvalue weighted by Crippen LogP contribution is 2.24. The van der Waals surface area contributed by atoms with Crippen LogP contribution in [-0.4, -0.2) is 15.9 Å². The van der Waals surface area contributed by atoms with Gasteiger partial charge in [0.1, 0.15) is 11.5 Å². The van der Waals surface area contributed by atoms with Gasteiger partial charge in [-0.2, -0.15) is 0 Å². The van der Waals surface area contributed by atoms with Gasteiger partial charge in [0.2, 0.25) is 0 Å². The van der Waals surface area contributed by atoms with Gasteiger partial charge in [-0.25, -0.2) is 4.79 Å². The van der Waals surface area contributed by atoms with Crippen LogP contribution in [0.15, 0.2) is 65.1 Å². The fraction of sp³-hybridized carbons (Fsp3) is 0.105. The summed E-state index contributed by atoms with van der Waals surface area (Å²) in [6, 6.07) is 14.9. The zero-order valence-corrected chi connectivity index (χ0v) is 15.0. The van der Waals surface area contributed by atoms with E-state index in [0.717, 1.165) is 0 Å². The normalized spacial score (nSPS) is 10.3. The van der Waals surface area contributed by atoms with Gasteiger partial charge in [-0.1, -0.05) is 12.1 Å². The van der Waals surface area contributed by atoms with Crippen LogP contribution in [0.4, 0.5) is 16.2 Å². The molecule has 1 heterocycles. The van der Waals surface area contributed by atoms with E-state index in [0.29, 0.717) is 22.6 Å². The van der Waals surface area contributed by atoms with E-state index < -0.39 is 15.9 Å². The molecule has 3 aromatic rings. The SMILES string of the molecule is O=C(NCc1cccc([N+](=O)[O-])c1)NCc1ccc(-c2ccc([N+](=O)[O-])cc2)o1. The number of benzene rings is 2. The minimum Gasteiger partial charge on any atom is -0.459 e. The van der Waals surface area contributed by atoms with Crippen molar-refractivity contribution in [3.05, 3.63) is 92.2 Å². The maximum Gasteiger partial charge on any atom is 0.315 e. The summed E-state index contributed by atoms with van der Waals surface area (Å²) in [4.78, 5) is 32.4. The third-order valence-corrected chi connectivity index (χ3v) is 4.02. The standard InChI is InChI=1S/C19H16N4O6/c24-19(20-11-13-2-1-3-16(10-13)23(27)28)21-12-17-8-9-18(29-17)14-4-6-15(7-5-14)22(25)26/h1-10H,11-12H2,(H2,20,21,24). The van der Waals surface area contributed by atoms with Gasteiger partial charge in [0.05, 0.1) is 16.4 Å². The van der Waals surface area contributed by atoms with Gasteiger partial charge in [0.25, 0.3) is 11.4 Å². The van der Waals surface area contributed by atoms with E-state index >= 15 is 0 Å². The van der Waals surface area contributed by atoms with E-state index in [1.807, 2.05) is 0 Å². The Morgan fingerprint density at radius 3 is 2.24 bits per heavy atom. The van der Waals surface area contributed by atoms with E-state index in [1.54, 1.807) is 36.4 Å². The Hall–Kier alpha value is -4.21. The minimum absolute atomic E-state index is 0.0115. The number of carbonyl (C=O) groups excluding carboxylic acids is 1. The molecule has 2 aromatic carbocycles. The van der Waals surface area contributed by atoms with Crippen LogP contribution in [0.5, 0.6) is 0 Å². The van der Waals surface area contributed by atoms with Crippen molar-refractivity contribution in [3.63, 3.8) is 0 Å². The second kappa shape index (κ2) is 8.65. The quantitative estimate of drug-likeness (QED) is 0.460. The number of nitrogens with one attached hydrogen (secondary N) is 2. The largest absolute Gasteiger partial charge is 0.459 e. The molecule has 0 saturated heterocycles. The smallest absolute Gasteiger partial charge is 0.315 e. The number of rotatable bonds is 7. The summed E-state index contributed by atoms with van der Waals surface area (Å²) < 4.78 is 5.64. The Kier molecular flexibility index (Phi) is 5.83. The van der Waals surface area contributed by atoms with Crippen molar-refractivity contribution < 1.29 is 19.1 Å². The number of non-ortho nitro benzene ring substituents is 2. The van der Waals surface area contributed by atoms with Gasteiger partial charge in [-0.05, 0) is 29.8 Å². The molecule has 0 spiro atoms. The molecule has 0 unspecified atom stereocenters. The number of nitro benzene ring substituents is 2. The molecule has 10 nitrogen and oxygen atoms in total. The summed E-state index contributed by atoms with van der Waals surface area (Å²) in [5.41, 5.74) is 1.23. The van der Waals surface area contributed by atoms with E-state index in [4.69, 9.17) is 4.42 Å². The van der Waals surface area contributed by atoms with Crippen molar-refractivity contribution in [2.45, 2.75) is 13.1 Å². The van der Waals surface area contributed by atoms with Gasteiger partial charge in [0.15, 0.2) is 0 Å². The number of urea groups is 1. The Bertz CT molecular complexity index is 1040. The lowest BCUT2D eigenvalue weighted by atomic mass is 10.1. The van der Waals surface area contributed by atoms with E-state index in [-0.39, 0.29) is 24.5 Å². The van der Waals surface area contributed by atoms with Crippen molar-refractivity contribution in [1.29, 1.82) is 0 Å². The molecule has 29 heavy (non-hydrogen) atoms. The predicted octanol–water partition coefficient (Wildman–Crippen LogP) is 3.76. The van der Waals surface area contributed by atoms with Gasteiger partial charge in [-0.15, -0.1) is 0 Å². The molecular weight excluding hydrogens is 380 g/mol. The first-order valence-electron chi connectivity index (χ1n) is 8.51. The number of hydrogen-bond acceptors (Lipinski definition) is 6. The van der Waals surface area contributed by atoms with Crippen molar-refractivity contribution in [3.8, 4) is 11.3 Å². The molecule has 2 N–H and O–H groups in total. The van der Waals surface area contributed by atoms with E-state index in [1.165, 1.54) is 24.3 Å². The fourth-order valence-corrected chi connectivity index (χ4v) is 2.57. The first kappa shape index (κ1) is 19.5. The van der Waals surface area contributed by atoms with Crippen LogP contribution < -0.4 is 10.6 Å². The van der Waals surface area contributed by atoms with Gasteiger partial charge >= 0.3 is 6.03 Å². The lowest BCUT2D eigenvalue weighted by Crippen LogP contribution is -2.34. The summed E-state index contributed by atoms with van der Waals surface area (Å²) in [6.07, 6.45) is 0. The fourth-order valence-electron chi connectivity index (χ4n) is 2.57. The number of furan rings is 1. The third-order valence-electron chi connectivity index (χ3n) is 4.02. The molecule has 1 aromatic heterocycles. The monoisotopic (exact) mass is 396 g/mol. The van der Waals surface area contributed by atoms with Gasteiger partial charge in [-0.3, -0.25) is 20.2 Å². The number of carbonyl (C=O) groups is 1. The molecule has 0 radical (unpaired) electrons. The van der Waals surface area contributed by atoms with Crippen molar-refractivity contribution >= 4 is 17.4 Å². The van der Waals surface area contributed by atoms with Crippen molar-refractivity contribution in [2.75, 3.05) is 0 Å². The summed E-state index contributed by atoms with van der Waals surface area (Å²) in [7, 11) is 0. The zero-order chi connectivity index (χ0) is 20.8. The summed E-state index contributed by atoms with van der Waals surface area (Å²) in [5, 5.41) is 26.7. The molecule has 0 aliphatic carbocycles. The van der Waals surface area contributed by atoms with Crippen LogP contribution in [0, 0.1) is 20.2 Å². The molecule has 0 atom stereocenters. The van der Waals surface area contributed by atoms with Gasteiger partial charge in [0, 0.05) is 36.4 Å². The van der Waals surface area contributed by atoms with Gasteiger partial charge < -0.3 is 15.1 Å². The van der Waals surface area contributed by atoms with Crippen LogP contribution in [0.1, 0.15) is 11.3 Å². The van der Waals surface area contributed by atoms with Crippen LogP contribution in [0.3, 0.4) is 0 Å². The lowest BCUT2D eigenvalue weighted by molar-refractivity contribution is -0.385. The summed E-state index contributed by atoms with van der Waals surface area (Å²) in [6.45, 7) is 0.271. The zero-order valence-electron chi connectivity index (χ0n) is 15.0. The Labute approximate surface area is 164 Å². The molecule has 2 amide bonds. The highest BCUT2D eigenvalue weighted by Gasteiger charge is 2.10. The molecule has 0 fully saturated rings. The Morgan fingerprint density at radius 2 is 1.55 bits per heavy atom. The second-order valence-corrected chi connectivity index (χ2v) is 6.03. The number of amides is 2. The highest BCUT2D eigenvalue weighted by atomic mass is 16.6. The maximum absolute atomic E-state index is 11.9. The molecule has 10 heteroatoms. The molecule has 0 bridgehead atoms. The molecule has 0 saturated carbocycles. The third kappa shape index (κ3) is 5.16. The Balaban J connectivity index is 1.51. The second-order valence-electron chi connectivity index (χ2n) is 6.03. The average Bonchev–Trinajstić information content (AvgIpc) is 3.20. The molecule has 3 rings (SSSR count). The van der Waals surface area contributed by atoms with Crippen molar-refractivity contribution in [2.24, 2.45) is 0 Å². The average molecular weight is 396 g/mol. The maximum atomic E-state index is 11.9. The summed E-state index contributed by atoms with van der Waals surface area (Å²) in [5.74, 6) is 1.03. The Morgan fingerprint density at radius 1 is 0.862 bits per heavy atom. The molecule has 0 aliphatic heterocycles. The first-order valence-corrected chi connectivity index (χ1v) is 8.51. The lowest BCUT2D eigenvalue weighted by Gasteiger charge is -2.06. The molecule has 148 valence electrons. The van der Waals surface area contributed by atoms with Crippen LogP contribution >= 0.6 is 0 Å². The number of nitro groups is 2. The molecular formula is C19H16N4O6. The van der Waals surface area contributed by atoms with Crippen LogP contribution in [0.25, 0.3) is 11.3 Å². The summed E-state index contributed by atoms with van der Waals surface area (Å²) >= 11 is 0. The predicted molar refractivity (Wildman–Crippen MR) is 103 cm³/mol. The topological polar surface area (TPSA) is 141 Å². The first-order chi connectivity index (χ1) is 13.9. The highest BCUT2D eigenvalue weighted by molar-refractivity contribution is 5.73. The number of hydrogen-bond donors (Lipinski definition) is 2.